The molecule has 2 aromatic heterocycles. The number of rotatable bonds is 14. The number of fused-ring (bicyclic) bond motifs is 13. The van der Waals surface area contributed by atoms with Gasteiger partial charge in [0.1, 0.15) is 22.3 Å². The lowest BCUT2D eigenvalue weighted by molar-refractivity contribution is 0.665. The van der Waals surface area contributed by atoms with Gasteiger partial charge in [0.25, 0.3) is 0 Å². The van der Waals surface area contributed by atoms with Crippen molar-refractivity contribution in [3.05, 3.63) is 385 Å². The highest BCUT2D eigenvalue weighted by molar-refractivity contribution is 6.25. The van der Waals surface area contributed by atoms with Gasteiger partial charge in [0, 0.05) is 44.6 Å². The van der Waals surface area contributed by atoms with Crippen LogP contribution in [0, 0.1) is 0 Å². The first-order chi connectivity index (χ1) is 50.7. The van der Waals surface area contributed by atoms with Gasteiger partial charge in [-0.25, -0.2) is 0 Å². The zero-order chi connectivity index (χ0) is 68.9. The summed E-state index contributed by atoms with van der Waals surface area (Å²) in [6.45, 7) is 9.08. The molecule has 4 nitrogen and oxygen atoms in total. The second-order valence-electron chi connectivity index (χ2n) is 28.2. The monoisotopic (exact) mass is 1320 g/mol. The topological polar surface area (TPSA) is 32.8 Å². The third-order valence-electron chi connectivity index (χ3n) is 21.7. The molecule has 103 heavy (non-hydrogen) atoms. The van der Waals surface area contributed by atoms with Crippen LogP contribution < -0.4 is 9.80 Å². The predicted molar refractivity (Wildman–Crippen MR) is 433 cm³/mol. The minimum atomic E-state index is -0.992. The lowest BCUT2D eigenvalue weighted by Crippen LogP contribution is -2.29. The fourth-order valence-electron chi connectivity index (χ4n) is 16.7. The lowest BCUT2D eigenvalue weighted by atomic mass is 9.67. The molecule has 0 bridgehead atoms. The van der Waals surface area contributed by atoms with E-state index in [9.17, 15) is 0 Å². The van der Waals surface area contributed by atoms with E-state index in [4.69, 9.17) is 8.83 Å². The summed E-state index contributed by atoms with van der Waals surface area (Å²) in [6, 6.07) is 130. The van der Waals surface area contributed by atoms with E-state index in [1.54, 1.807) is 0 Å². The third kappa shape index (κ3) is 10.0. The number of anilines is 6. The molecule has 19 rings (SSSR count). The van der Waals surface area contributed by atoms with E-state index in [0.717, 1.165) is 145 Å². The molecule has 0 unspecified atom stereocenters. The maximum atomic E-state index is 8.02. The molecule has 0 radical (unpaired) electrons. The van der Waals surface area contributed by atoms with Crippen LogP contribution in [0.4, 0.5) is 34.1 Å². The molecule has 0 aliphatic heterocycles. The Bertz CT molecular complexity index is 6220. The Morgan fingerprint density at radius 3 is 1.10 bits per heavy atom. The van der Waals surface area contributed by atoms with Gasteiger partial charge in [-0.1, -0.05) is 301 Å². The lowest BCUT2D eigenvalue weighted by Gasteiger charge is -2.36. The zero-order valence-electron chi connectivity index (χ0n) is 57.9. The van der Waals surface area contributed by atoms with Crippen LogP contribution in [-0.4, -0.2) is 0 Å². The summed E-state index contributed by atoms with van der Waals surface area (Å²) < 4.78 is 15.8. The van der Waals surface area contributed by atoms with E-state index < -0.39 is 5.41 Å². The Kier molecular flexibility index (Phi) is 14.8. The van der Waals surface area contributed by atoms with Gasteiger partial charge < -0.3 is 18.6 Å². The Balaban J connectivity index is 0.945. The minimum Gasteiger partial charge on any atom is -0.455 e. The van der Waals surface area contributed by atoms with Crippen molar-refractivity contribution in [3.8, 4) is 55.6 Å². The quantitative estimate of drug-likeness (QED) is 0.109. The maximum absolute atomic E-state index is 8.02. The summed E-state index contributed by atoms with van der Waals surface area (Å²) >= 11 is 0. The Morgan fingerprint density at radius 1 is 0.272 bits per heavy atom. The first kappa shape index (κ1) is 61.3. The van der Waals surface area contributed by atoms with Crippen molar-refractivity contribution in [2.24, 2.45) is 0 Å². The molecule has 1 aliphatic rings. The molecule has 0 atom stereocenters. The van der Waals surface area contributed by atoms with E-state index in [-0.39, 0.29) is 0 Å². The van der Waals surface area contributed by atoms with Crippen molar-refractivity contribution in [1.82, 2.24) is 0 Å². The van der Waals surface area contributed by atoms with Gasteiger partial charge >= 0.3 is 0 Å². The number of furan rings is 2. The molecule has 16 aromatic carbocycles. The van der Waals surface area contributed by atoms with Crippen LogP contribution in [-0.2, 0) is 5.41 Å². The molecule has 0 spiro atoms. The fraction of sp³-hybridized carbons (Fsp3) is 0.0707. The first-order valence-electron chi connectivity index (χ1n) is 36.0. The third-order valence-corrected chi connectivity index (χ3v) is 21.7. The summed E-state index contributed by atoms with van der Waals surface area (Å²) in [4.78, 5) is 4.97. The smallest absolute Gasteiger partial charge is 0.145 e. The van der Waals surface area contributed by atoms with Crippen LogP contribution in [0.25, 0.3) is 121 Å². The van der Waals surface area contributed by atoms with E-state index >= 15 is 0 Å². The van der Waals surface area contributed by atoms with Crippen LogP contribution in [0.5, 0.6) is 0 Å². The molecule has 0 saturated carbocycles. The summed E-state index contributed by atoms with van der Waals surface area (Å²) in [5.74, 6) is 0.665. The largest absolute Gasteiger partial charge is 0.455 e. The maximum Gasteiger partial charge on any atom is 0.145 e. The van der Waals surface area contributed by atoms with Crippen LogP contribution >= 0.6 is 0 Å². The van der Waals surface area contributed by atoms with Gasteiger partial charge in [-0.15, -0.1) is 0 Å². The average molecular weight is 1320 g/mol. The standard InChI is InChI=1S/C99H72N2O2/c1-63(2)65-42-51-75(52-43-65)100(77-55-46-70(47-56-77)82-39-22-28-68-26-14-16-34-79(68)82)89-61-87-95(97-93(89)85-38-20-21-41-91(85)102-97)96-88(99(87,73-30-10-6-11-31-73)74-32-12-7-13-33-74)62-90(94-86-59-50-72(60-92(86)103-98(94)96)84-37-19-18-36-81(84)67-24-8-5-9-25-67)101(76-53-44-66(45-54-76)64(3)4)78-57-48-71(49-58-78)83-40-23-29-69-27-15-17-35-80(69)83/h5-64H,1-4H3. The van der Waals surface area contributed by atoms with Crippen LogP contribution in [0.2, 0.25) is 0 Å². The second kappa shape index (κ2) is 24.8. The summed E-state index contributed by atoms with van der Waals surface area (Å²) in [5, 5.41) is 8.89. The Labute approximate surface area is 600 Å². The summed E-state index contributed by atoms with van der Waals surface area (Å²) in [6.07, 6.45) is 0. The van der Waals surface area contributed by atoms with Gasteiger partial charge in [-0.3, -0.25) is 0 Å². The number of para-hydroxylation sites is 1. The second-order valence-corrected chi connectivity index (χ2v) is 28.2. The molecule has 0 fully saturated rings. The molecule has 0 amide bonds. The Hall–Kier alpha value is -12.8. The molecule has 490 valence electrons. The van der Waals surface area contributed by atoms with Crippen molar-refractivity contribution >= 4 is 99.5 Å². The van der Waals surface area contributed by atoms with E-state index in [2.05, 4.69) is 389 Å². The van der Waals surface area contributed by atoms with Crippen molar-refractivity contribution in [3.63, 3.8) is 0 Å². The van der Waals surface area contributed by atoms with Gasteiger partial charge in [-0.05, 0) is 190 Å². The molecule has 1 aliphatic carbocycles. The van der Waals surface area contributed by atoms with Crippen LogP contribution in [0.3, 0.4) is 0 Å². The molecular weight excluding hydrogens is 1250 g/mol. The SMILES string of the molecule is CC(C)c1ccc(N(c2ccc(-c3cccc4ccccc34)cc2)c2cc3c(c4oc5ccccc5c24)-c2c(cc(N(c4ccc(-c5cccc6ccccc56)cc4)c4ccc(C(C)C)cc4)c4c2oc2cc(-c5ccccc5-c5ccccc5)ccc24)C3(c2ccccc2)c2ccccc2)cc1. The van der Waals surface area contributed by atoms with E-state index in [1.807, 2.05) is 0 Å². The highest BCUT2D eigenvalue weighted by atomic mass is 16.3. The molecule has 0 saturated heterocycles. The van der Waals surface area contributed by atoms with Crippen LogP contribution in [0.15, 0.2) is 361 Å². The summed E-state index contributed by atoms with van der Waals surface area (Å²) in [7, 11) is 0. The van der Waals surface area contributed by atoms with Crippen molar-refractivity contribution in [2.45, 2.75) is 44.9 Å². The van der Waals surface area contributed by atoms with Crippen molar-refractivity contribution in [1.29, 1.82) is 0 Å². The highest BCUT2D eigenvalue weighted by Gasteiger charge is 2.51. The van der Waals surface area contributed by atoms with Gasteiger partial charge in [0.15, 0.2) is 0 Å². The summed E-state index contributed by atoms with van der Waals surface area (Å²) in [5.41, 5.74) is 26.3. The number of benzene rings is 16. The fourth-order valence-corrected chi connectivity index (χ4v) is 16.7. The van der Waals surface area contributed by atoms with Crippen molar-refractivity contribution in [2.75, 3.05) is 9.80 Å². The van der Waals surface area contributed by atoms with Gasteiger partial charge in [-0.2, -0.15) is 0 Å². The average Bonchev–Trinajstić information content (AvgIpc) is 1.50. The zero-order valence-corrected chi connectivity index (χ0v) is 57.9. The molecule has 2 heterocycles. The van der Waals surface area contributed by atoms with Crippen molar-refractivity contribution < 1.29 is 8.83 Å². The van der Waals surface area contributed by atoms with E-state index in [1.165, 1.54) is 43.8 Å². The number of nitrogens with zero attached hydrogens (tertiary/aromatic N) is 2. The Morgan fingerprint density at radius 2 is 0.621 bits per heavy atom. The first-order valence-corrected chi connectivity index (χ1v) is 36.0. The van der Waals surface area contributed by atoms with Crippen LogP contribution in [0.1, 0.15) is 72.9 Å². The van der Waals surface area contributed by atoms with Gasteiger partial charge in [0.2, 0.25) is 0 Å². The molecular formula is C99H72N2O2. The molecule has 4 heteroatoms. The minimum absolute atomic E-state index is 0.328. The highest BCUT2D eigenvalue weighted by Crippen LogP contribution is 2.65. The molecule has 0 N–H and O–H groups in total. The normalized spacial score (nSPS) is 12.5. The van der Waals surface area contributed by atoms with Gasteiger partial charge in [0.05, 0.1) is 27.6 Å². The molecule has 18 aromatic rings. The predicted octanol–water partition coefficient (Wildman–Crippen LogP) is 28.0. The number of hydrogen-bond donors (Lipinski definition) is 0. The van der Waals surface area contributed by atoms with E-state index in [0.29, 0.717) is 11.8 Å². The number of hydrogen-bond acceptors (Lipinski definition) is 4.